The monoisotopic (exact) mass is 256 g/mol. The lowest BCUT2D eigenvalue weighted by molar-refractivity contribution is -0.993. The van der Waals surface area contributed by atoms with E-state index in [2.05, 4.69) is 46.2 Å². The predicted octanol–water partition coefficient (Wildman–Crippen LogP) is 3.89. The van der Waals surface area contributed by atoms with Crippen molar-refractivity contribution in [3.8, 4) is 0 Å². The van der Waals surface area contributed by atoms with Crippen molar-refractivity contribution in [1.82, 2.24) is 0 Å². The number of unbranched alkanes of at least 4 members (excludes halogenated alkanes) is 6. The van der Waals surface area contributed by atoms with Gasteiger partial charge in [-0.1, -0.05) is 39.0 Å². The van der Waals surface area contributed by atoms with Gasteiger partial charge in [-0.3, -0.25) is 4.48 Å². The van der Waals surface area contributed by atoms with E-state index in [0.29, 0.717) is 6.04 Å². The van der Waals surface area contributed by atoms with Crippen molar-refractivity contribution < 1.29 is 9.06 Å². The maximum absolute atomic E-state index is 4.00. The van der Waals surface area contributed by atoms with Crippen molar-refractivity contribution in [3.05, 3.63) is 0 Å². The number of hydrogen-bond donors (Lipinski definition) is 0. The molecule has 2 heteroatoms. The van der Waals surface area contributed by atoms with Crippen LogP contribution >= 0.6 is 0 Å². The lowest BCUT2D eigenvalue weighted by atomic mass is 10.1. The number of nitrogens with zero attached hydrogens (tertiary/aromatic N) is 2. The zero-order valence-corrected chi connectivity index (χ0v) is 13.5. The first kappa shape index (κ1) is 17.6. The van der Waals surface area contributed by atoms with Crippen molar-refractivity contribution in [2.75, 3.05) is 27.3 Å². The Hall–Kier alpha value is -0.370. The Morgan fingerprint density at radius 1 is 1.00 bits per heavy atom. The Labute approximate surface area is 115 Å². The SMILES string of the molecule is C=[N+](C)C[N+](C)(CCCCCCCCC)C(C)C. The topological polar surface area (TPSA) is 3.01 Å². The van der Waals surface area contributed by atoms with E-state index >= 15 is 0 Å². The van der Waals surface area contributed by atoms with E-state index in [-0.39, 0.29) is 0 Å². The van der Waals surface area contributed by atoms with E-state index in [1.165, 1.54) is 51.5 Å². The lowest BCUT2D eigenvalue weighted by Gasteiger charge is -2.35. The Bertz CT molecular complexity index is 223. The number of hydrogen-bond acceptors (Lipinski definition) is 0. The zero-order chi connectivity index (χ0) is 14.0. The van der Waals surface area contributed by atoms with Crippen LogP contribution in [0.15, 0.2) is 0 Å². The Morgan fingerprint density at radius 2 is 1.50 bits per heavy atom. The number of rotatable bonds is 11. The van der Waals surface area contributed by atoms with Crippen LogP contribution in [0.3, 0.4) is 0 Å². The minimum absolute atomic E-state index is 0.675. The summed E-state index contributed by atoms with van der Waals surface area (Å²) in [5, 5.41) is 0. The van der Waals surface area contributed by atoms with E-state index in [0.717, 1.165) is 11.2 Å². The summed E-state index contributed by atoms with van der Waals surface area (Å²) in [6.07, 6.45) is 9.77. The molecule has 0 fully saturated rings. The van der Waals surface area contributed by atoms with Crippen LogP contribution in [0.4, 0.5) is 0 Å². The fourth-order valence-electron chi connectivity index (χ4n) is 2.47. The second kappa shape index (κ2) is 9.55. The quantitative estimate of drug-likeness (QED) is 0.173. The van der Waals surface area contributed by atoms with Crippen molar-refractivity contribution in [2.24, 2.45) is 0 Å². The molecular formula is C16H36N2+2. The highest BCUT2D eigenvalue weighted by Gasteiger charge is 2.28. The molecule has 0 N–H and O–H groups in total. The minimum atomic E-state index is 0.675. The average Bonchev–Trinajstić information content (AvgIpc) is 2.26. The second-order valence-corrected chi connectivity index (χ2v) is 6.42. The molecule has 1 unspecified atom stereocenters. The molecule has 0 saturated carbocycles. The third-order valence-electron chi connectivity index (χ3n) is 4.08. The molecule has 0 bridgehead atoms. The molecule has 0 aromatic rings. The summed E-state index contributed by atoms with van der Waals surface area (Å²) in [5.41, 5.74) is 0. The third kappa shape index (κ3) is 7.86. The molecule has 0 heterocycles. The molecule has 0 spiro atoms. The van der Waals surface area contributed by atoms with Gasteiger partial charge < -0.3 is 0 Å². The van der Waals surface area contributed by atoms with Gasteiger partial charge in [0.1, 0.15) is 13.8 Å². The summed E-state index contributed by atoms with van der Waals surface area (Å²) in [4.78, 5) is 0. The largest absolute Gasteiger partial charge is 0.270 e. The normalized spacial score (nSPS) is 14.8. The zero-order valence-electron chi connectivity index (χ0n) is 13.5. The van der Waals surface area contributed by atoms with E-state index in [4.69, 9.17) is 0 Å². The van der Waals surface area contributed by atoms with Gasteiger partial charge >= 0.3 is 0 Å². The van der Waals surface area contributed by atoms with Crippen LogP contribution in [-0.2, 0) is 0 Å². The predicted molar refractivity (Wildman–Crippen MR) is 82.4 cm³/mol. The second-order valence-electron chi connectivity index (χ2n) is 6.42. The smallest absolute Gasteiger partial charge is 0.269 e. The Balaban J connectivity index is 3.81. The van der Waals surface area contributed by atoms with Crippen LogP contribution in [0.5, 0.6) is 0 Å². The van der Waals surface area contributed by atoms with Gasteiger partial charge in [0.05, 0.1) is 19.6 Å². The van der Waals surface area contributed by atoms with Gasteiger partial charge in [-0.25, -0.2) is 0 Å². The van der Waals surface area contributed by atoms with Gasteiger partial charge in [-0.05, 0) is 26.7 Å². The molecule has 0 aliphatic heterocycles. The molecule has 1 atom stereocenters. The first-order valence-corrected chi connectivity index (χ1v) is 7.78. The molecular weight excluding hydrogens is 220 g/mol. The summed E-state index contributed by atoms with van der Waals surface area (Å²) in [6.45, 7) is 13.3. The molecule has 0 amide bonds. The van der Waals surface area contributed by atoms with Crippen LogP contribution < -0.4 is 0 Å². The van der Waals surface area contributed by atoms with Crippen LogP contribution in [0.25, 0.3) is 0 Å². The third-order valence-corrected chi connectivity index (χ3v) is 4.08. The van der Waals surface area contributed by atoms with Gasteiger partial charge in [0.2, 0.25) is 0 Å². The van der Waals surface area contributed by atoms with Gasteiger partial charge in [0.15, 0.2) is 0 Å². The molecule has 2 nitrogen and oxygen atoms in total. The van der Waals surface area contributed by atoms with Gasteiger partial charge in [-0.2, -0.15) is 4.58 Å². The average molecular weight is 256 g/mol. The standard InChI is InChI=1S/C16H36N2/c1-7-8-9-10-11-12-13-14-18(6,16(2)3)15-17(4)5/h16H,4,7-15H2,1-3,5-6H3/q+2. The van der Waals surface area contributed by atoms with Crippen LogP contribution in [0.1, 0.15) is 65.7 Å². The molecule has 0 aromatic carbocycles. The first-order chi connectivity index (χ1) is 8.42. The van der Waals surface area contributed by atoms with Gasteiger partial charge in [0.25, 0.3) is 6.67 Å². The molecule has 0 saturated heterocycles. The summed E-state index contributed by atoms with van der Waals surface area (Å²) in [7, 11) is 4.44. The van der Waals surface area contributed by atoms with Crippen molar-refractivity contribution >= 4 is 6.72 Å². The highest BCUT2D eigenvalue weighted by Crippen LogP contribution is 2.14. The summed E-state index contributed by atoms with van der Waals surface area (Å²) < 4.78 is 3.19. The Morgan fingerprint density at radius 3 is 1.94 bits per heavy atom. The van der Waals surface area contributed by atoms with Crippen LogP contribution in [-0.4, -0.2) is 49.1 Å². The maximum Gasteiger partial charge on any atom is 0.270 e. The summed E-state index contributed by atoms with van der Waals surface area (Å²) in [5.74, 6) is 0. The molecule has 0 aliphatic rings. The van der Waals surface area contributed by atoms with Crippen LogP contribution in [0, 0.1) is 0 Å². The highest BCUT2D eigenvalue weighted by atomic mass is 15.4. The van der Waals surface area contributed by atoms with E-state index in [1.54, 1.807) is 0 Å². The first-order valence-electron chi connectivity index (χ1n) is 7.78. The van der Waals surface area contributed by atoms with Gasteiger partial charge in [-0.15, -0.1) is 0 Å². The van der Waals surface area contributed by atoms with Crippen molar-refractivity contribution in [2.45, 2.75) is 71.8 Å². The van der Waals surface area contributed by atoms with E-state index in [9.17, 15) is 0 Å². The van der Waals surface area contributed by atoms with Crippen LogP contribution in [0.2, 0.25) is 0 Å². The van der Waals surface area contributed by atoms with E-state index in [1.807, 2.05) is 0 Å². The molecule has 0 aromatic heterocycles. The molecule has 18 heavy (non-hydrogen) atoms. The maximum atomic E-state index is 4.00. The molecule has 0 rings (SSSR count). The molecule has 0 radical (unpaired) electrons. The lowest BCUT2D eigenvalue weighted by Crippen LogP contribution is -2.53. The number of quaternary nitrogens is 1. The summed E-state index contributed by atoms with van der Waals surface area (Å²) >= 11 is 0. The van der Waals surface area contributed by atoms with Gasteiger partial charge in [0, 0.05) is 0 Å². The molecule has 0 aliphatic carbocycles. The summed E-state index contributed by atoms with van der Waals surface area (Å²) in [6, 6.07) is 0.675. The fourth-order valence-corrected chi connectivity index (χ4v) is 2.47. The van der Waals surface area contributed by atoms with Crippen molar-refractivity contribution in [1.29, 1.82) is 0 Å². The van der Waals surface area contributed by atoms with E-state index < -0.39 is 0 Å². The minimum Gasteiger partial charge on any atom is -0.269 e. The Kier molecular flexibility index (Phi) is 9.35. The molecule has 108 valence electrons. The fraction of sp³-hybridized carbons (Fsp3) is 0.938. The van der Waals surface area contributed by atoms with Crippen molar-refractivity contribution in [3.63, 3.8) is 0 Å². The highest BCUT2D eigenvalue weighted by molar-refractivity contribution is 5.13.